The molecule has 0 aromatic heterocycles. The molecule has 1 aliphatic rings. The van der Waals surface area contributed by atoms with Crippen LogP contribution in [0.1, 0.15) is 34.1 Å². The van der Waals surface area contributed by atoms with Gasteiger partial charge in [0, 0.05) is 0 Å². The summed E-state index contributed by atoms with van der Waals surface area (Å²) in [5.74, 6) is -3.52. The van der Waals surface area contributed by atoms with Crippen LogP contribution in [0.25, 0.3) is 0 Å². The van der Waals surface area contributed by atoms with Gasteiger partial charge < -0.3 is 9.67 Å². The lowest BCUT2D eigenvalue weighted by molar-refractivity contribution is -0.151. The smallest absolute Gasteiger partial charge is 0.381 e. The number of thioether (sulfide) groups is 1. The first-order chi connectivity index (χ1) is 9.86. The summed E-state index contributed by atoms with van der Waals surface area (Å²) in [7, 11) is -2.18. The van der Waals surface area contributed by atoms with Crippen molar-refractivity contribution in [1.82, 2.24) is 4.57 Å². The zero-order valence-corrected chi connectivity index (χ0v) is 15.6. The third-order valence-electron chi connectivity index (χ3n) is 4.64. The van der Waals surface area contributed by atoms with Gasteiger partial charge in [0.25, 0.3) is 5.12 Å². The molecule has 22 heavy (non-hydrogen) atoms. The van der Waals surface area contributed by atoms with Crippen LogP contribution in [-0.4, -0.2) is 46.1 Å². The second kappa shape index (κ2) is 6.15. The summed E-state index contributed by atoms with van der Waals surface area (Å²) in [6.45, 7) is 12.1. The zero-order chi connectivity index (χ0) is 17.5. The van der Waals surface area contributed by atoms with Crippen molar-refractivity contribution >= 4 is 42.8 Å². The molecule has 0 bridgehead atoms. The van der Waals surface area contributed by atoms with Crippen LogP contribution in [0.3, 0.4) is 0 Å². The highest BCUT2D eigenvalue weighted by Crippen LogP contribution is 2.48. The maximum Gasteiger partial charge on any atom is 0.381 e. The van der Waals surface area contributed by atoms with Crippen molar-refractivity contribution in [3.8, 4) is 0 Å². The highest BCUT2D eigenvalue weighted by Gasteiger charge is 2.57. The molecule has 0 saturated carbocycles. The molecule has 0 aromatic carbocycles. The molecule has 2 atom stereocenters. The zero-order valence-electron chi connectivity index (χ0n) is 13.8. The number of carbonyl (C=O) groups excluding carboxylic acids is 3. The molecular weight excluding hydrogens is 322 g/mol. The molecule has 1 amide bonds. The summed E-state index contributed by atoms with van der Waals surface area (Å²) in [6.07, 6.45) is 0.566. The van der Waals surface area contributed by atoms with E-state index in [-0.39, 0.29) is 16.9 Å². The molecule has 1 aliphatic heterocycles. The van der Waals surface area contributed by atoms with E-state index in [2.05, 4.69) is 20.8 Å². The van der Waals surface area contributed by atoms with Gasteiger partial charge in [-0.15, -0.1) is 0 Å². The van der Waals surface area contributed by atoms with Crippen molar-refractivity contribution in [3.63, 3.8) is 0 Å². The van der Waals surface area contributed by atoms with Crippen molar-refractivity contribution in [2.24, 2.45) is 5.92 Å². The largest absolute Gasteiger partial charge is 0.475 e. The molecule has 1 saturated heterocycles. The predicted octanol–water partition coefficient (Wildman–Crippen LogP) is 2.10. The van der Waals surface area contributed by atoms with E-state index in [1.165, 1.54) is 0 Å². The quantitative estimate of drug-likeness (QED) is 0.355. The molecule has 1 heterocycles. The van der Waals surface area contributed by atoms with Gasteiger partial charge in [0.05, 0.1) is 11.3 Å². The third kappa shape index (κ3) is 3.12. The number of Topliss-reactive ketones (excluding diaryl/α,β-unsaturated/α-hetero) is 1. The van der Waals surface area contributed by atoms with Crippen LogP contribution in [0.15, 0.2) is 0 Å². The van der Waals surface area contributed by atoms with E-state index in [0.717, 1.165) is 0 Å². The fraction of sp³-hybridized carbons (Fsp3) is 0.714. The Kier molecular flexibility index (Phi) is 5.29. The Morgan fingerprint density at radius 1 is 1.27 bits per heavy atom. The Morgan fingerprint density at radius 3 is 2.14 bits per heavy atom. The number of amides is 1. The van der Waals surface area contributed by atoms with Gasteiger partial charge in [0.2, 0.25) is 5.91 Å². The van der Waals surface area contributed by atoms with E-state index in [4.69, 9.17) is 5.11 Å². The average molecular weight is 345 g/mol. The van der Waals surface area contributed by atoms with Crippen LogP contribution in [0, 0.1) is 5.92 Å². The topological polar surface area (TPSA) is 91.8 Å². The number of aliphatic carboxylic acids is 1. The van der Waals surface area contributed by atoms with E-state index in [9.17, 15) is 19.2 Å². The van der Waals surface area contributed by atoms with Crippen LogP contribution in [0.5, 0.6) is 0 Å². The molecule has 0 aliphatic carbocycles. The molecule has 6 nitrogen and oxygen atoms in total. The molecular formula is C14H23NO5SSi. The normalized spacial score (nSPS) is 22.3. The number of carboxylic acid groups (broad SMARTS) is 1. The molecule has 1 fully saturated rings. The molecule has 0 unspecified atom stereocenters. The van der Waals surface area contributed by atoms with Crippen molar-refractivity contribution in [1.29, 1.82) is 0 Å². The van der Waals surface area contributed by atoms with Crippen LogP contribution in [0.2, 0.25) is 18.1 Å². The minimum atomic E-state index is -2.18. The van der Waals surface area contributed by atoms with E-state index >= 15 is 0 Å². The van der Waals surface area contributed by atoms with Crippen LogP contribution in [-0.2, 0) is 19.2 Å². The molecule has 1 rings (SSSR count). The maximum absolute atomic E-state index is 12.4. The van der Waals surface area contributed by atoms with Gasteiger partial charge in [-0.1, -0.05) is 52.6 Å². The lowest BCUT2D eigenvalue weighted by Gasteiger charge is -2.57. The molecule has 0 aromatic rings. The van der Waals surface area contributed by atoms with Gasteiger partial charge in [-0.3, -0.25) is 14.4 Å². The molecule has 0 spiro atoms. The molecule has 1 N–H and O–H groups in total. The number of β-lactam (4-membered cyclic amide) rings is 1. The van der Waals surface area contributed by atoms with Gasteiger partial charge >= 0.3 is 11.8 Å². The predicted molar refractivity (Wildman–Crippen MR) is 86.9 cm³/mol. The Labute approximate surface area is 135 Å². The Hall–Kier alpha value is -1.15. The summed E-state index contributed by atoms with van der Waals surface area (Å²) >= 11 is 0.681. The number of hydrogen-bond donors (Lipinski definition) is 1. The Morgan fingerprint density at radius 2 is 1.77 bits per heavy atom. The summed E-state index contributed by atoms with van der Waals surface area (Å²) in [4.78, 5) is 46.1. The average Bonchev–Trinajstić information content (AvgIpc) is 2.35. The van der Waals surface area contributed by atoms with Crippen LogP contribution < -0.4 is 0 Å². The maximum atomic E-state index is 12.4. The molecule has 8 heteroatoms. The Bertz CT molecular complexity index is 526. The standard InChI is InChI=1S/C14H23NO5SSi/c1-7-8-10(17)15(22(5,6)14(2,3)4)11(8)21-13(20)9(16)12(18)19/h8,11H,7H2,1-6H3,(H,18,19)/t8-,11+/m0/s1. The first-order valence-electron chi connectivity index (χ1n) is 7.17. The first kappa shape index (κ1) is 18.9. The summed E-state index contributed by atoms with van der Waals surface area (Å²) in [6, 6.07) is 0. The van der Waals surface area contributed by atoms with Gasteiger partial charge in [-0.25, -0.2) is 4.79 Å². The minimum absolute atomic E-state index is 0.00201. The van der Waals surface area contributed by atoms with Crippen molar-refractivity contribution in [2.75, 3.05) is 0 Å². The van der Waals surface area contributed by atoms with Crippen molar-refractivity contribution < 1.29 is 24.3 Å². The number of carbonyl (C=O) groups is 4. The summed E-state index contributed by atoms with van der Waals surface area (Å²) in [5.41, 5.74) is 0. The van der Waals surface area contributed by atoms with Crippen molar-refractivity contribution in [3.05, 3.63) is 0 Å². The number of hydrogen-bond acceptors (Lipinski definition) is 5. The highest BCUT2D eigenvalue weighted by atomic mass is 32.2. The molecule has 124 valence electrons. The summed E-state index contributed by atoms with van der Waals surface area (Å²) in [5, 5.41) is 7.09. The number of ketones is 1. The van der Waals surface area contributed by atoms with Crippen LogP contribution in [0.4, 0.5) is 0 Å². The third-order valence-corrected chi connectivity index (χ3v) is 11.4. The molecule has 0 radical (unpaired) electrons. The van der Waals surface area contributed by atoms with Crippen molar-refractivity contribution in [2.45, 2.75) is 57.6 Å². The second-order valence-corrected chi connectivity index (χ2v) is 13.2. The first-order valence-corrected chi connectivity index (χ1v) is 11.0. The number of nitrogens with zero attached hydrogens (tertiary/aromatic N) is 1. The monoisotopic (exact) mass is 345 g/mol. The lowest BCUT2D eigenvalue weighted by atomic mass is 9.99. The van der Waals surface area contributed by atoms with E-state index in [1.54, 1.807) is 4.57 Å². The fourth-order valence-corrected chi connectivity index (χ4v) is 6.54. The van der Waals surface area contributed by atoms with Gasteiger partial charge in [-0.05, 0) is 11.5 Å². The second-order valence-electron chi connectivity index (χ2n) is 6.96. The van der Waals surface area contributed by atoms with Gasteiger partial charge in [0.15, 0.2) is 8.24 Å². The fourth-order valence-electron chi connectivity index (χ4n) is 2.24. The summed E-state index contributed by atoms with van der Waals surface area (Å²) < 4.78 is 1.75. The SMILES string of the molecule is CC[C@H]1C(=O)N([Si](C)(C)C(C)(C)C)[C@@H]1SC(=O)C(=O)C(=O)O. The lowest BCUT2D eigenvalue weighted by Crippen LogP contribution is -2.71. The van der Waals surface area contributed by atoms with Gasteiger partial charge in [0.1, 0.15) is 0 Å². The van der Waals surface area contributed by atoms with E-state index < -0.39 is 30.5 Å². The number of carboxylic acids is 1. The Balaban J connectivity index is 3.04. The van der Waals surface area contributed by atoms with Crippen LogP contribution >= 0.6 is 11.8 Å². The van der Waals surface area contributed by atoms with Gasteiger partial charge in [-0.2, -0.15) is 0 Å². The van der Waals surface area contributed by atoms with E-state index in [1.807, 2.05) is 20.0 Å². The minimum Gasteiger partial charge on any atom is -0.475 e. The van der Waals surface area contributed by atoms with E-state index in [0.29, 0.717) is 18.2 Å². The highest BCUT2D eigenvalue weighted by molar-refractivity contribution is 8.16. The number of rotatable bonds is 5.